The van der Waals surface area contributed by atoms with Crippen LogP contribution < -0.4 is 14.8 Å². The molecule has 3 rings (SSSR count). The second-order valence-corrected chi connectivity index (χ2v) is 9.52. The first-order valence-electron chi connectivity index (χ1n) is 12.2. The normalized spacial score (nSPS) is 12.4. The second kappa shape index (κ2) is 13.9. The van der Waals surface area contributed by atoms with Crippen LogP contribution in [0.2, 0.25) is 10.0 Å². The van der Waals surface area contributed by atoms with Crippen molar-refractivity contribution in [1.82, 2.24) is 10.2 Å². The lowest BCUT2D eigenvalue weighted by Crippen LogP contribution is -2.53. The maximum atomic E-state index is 13.7. The molecular formula is C29H32Cl2N2O4. The number of benzene rings is 3. The quantitative estimate of drug-likeness (QED) is 0.307. The highest BCUT2D eigenvalue weighted by atomic mass is 35.5. The van der Waals surface area contributed by atoms with Crippen LogP contribution in [0.1, 0.15) is 31.4 Å². The average Bonchev–Trinajstić information content (AvgIpc) is 2.91. The molecule has 2 amide bonds. The number of nitrogens with zero attached hydrogens (tertiary/aromatic N) is 1. The maximum Gasteiger partial charge on any atom is 0.261 e. The van der Waals surface area contributed by atoms with Crippen molar-refractivity contribution < 1.29 is 19.1 Å². The highest BCUT2D eigenvalue weighted by Gasteiger charge is 2.32. The van der Waals surface area contributed by atoms with Gasteiger partial charge in [-0.05, 0) is 55.3 Å². The van der Waals surface area contributed by atoms with Crippen LogP contribution in [-0.2, 0) is 22.6 Å². The molecule has 0 radical (unpaired) electrons. The number of hydrogen-bond acceptors (Lipinski definition) is 4. The van der Waals surface area contributed by atoms with E-state index in [2.05, 4.69) is 5.32 Å². The Kier molecular flexibility index (Phi) is 10.7. The molecule has 8 heteroatoms. The number of amides is 2. The van der Waals surface area contributed by atoms with Gasteiger partial charge in [-0.25, -0.2) is 0 Å². The number of hydrogen-bond donors (Lipinski definition) is 1. The Morgan fingerprint density at radius 1 is 0.919 bits per heavy atom. The Hall–Kier alpha value is -3.22. The monoisotopic (exact) mass is 542 g/mol. The summed E-state index contributed by atoms with van der Waals surface area (Å²) in [6, 6.07) is 20.8. The molecule has 0 spiro atoms. The highest BCUT2D eigenvalue weighted by molar-refractivity contribution is 6.36. The lowest BCUT2D eigenvalue weighted by Gasteiger charge is -2.32. The summed E-state index contributed by atoms with van der Waals surface area (Å²) in [6.07, 6.45) is 1.08. The predicted molar refractivity (Wildman–Crippen MR) is 147 cm³/mol. The van der Waals surface area contributed by atoms with Crippen molar-refractivity contribution >= 4 is 35.0 Å². The summed E-state index contributed by atoms with van der Waals surface area (Å²) < 4.78 is 11.0. The van der Waals surface area contributed by atoms with Crippen molar-refractivity contribution in [3.05, 3.63) is 94.0 Å². The van der Waals surface area contributed by atoms with Gasteiger partial charge in [0.15, 0.2) is 6.61 Å². The van der Waals surface area contributed by atoms with Crippen LogP contribution >= 0.6 is 23.2 Å². The second-order valence-electron chi connectivity index (χ2n) is 8.71. The highest BCUT2D eigenvalue weighted by Crippen LogP contribution is 2.27. The molecule has 0 heterocycles. The number of methoxy groups -OCH3 is 1. The van der Waals surface area contributed by atoms with E-state index in [0.717, 1.165) is 12.0 Å². The average molecular weight is 543 g/mol. The van der Waals surface area contributed by atoms with Gasteiger partial charge < -0.3 is 19.7 Å². The first kappa shape index (κ1) is 28.4. The van der Waals surface area contributed by atoms with Crippen molar-refractivity contribution in [3.8, 4) is 11.5 Å². The van der Waals surface area contributed by atoms with E-state index in [9.17, 15) is 9.59 Å². The van der Waals surface area contributed by atoms with Gasteiger partial charge in [0.05, 0.1) is 7.11 Å². The summed E-state index contributed by atoms with van der Waals surface area (Å²) in [4.78, 5) is 28.7. The topological polar surface area (TPSA) is 67.9 Å². The van der Waals surface area contributed by atoms with Crippen LogP contribution in [0.4, 0.5) is 0 Å². The van der Waals surface area contributed by atoms with E-state index in [1.54, 1.807) is 49.6 Å². The summed E-state index contributed by atoms with van der Waals surface area (Å²) in [5.74, 6) is 0.568. The van der Waals surface area contributed by atoms with Gasteiger partial charge in [-0.1, -0.05) is 66.5 Å². The van der Waals surface area contributed by atoms with Gasteiger partial charge in [0, 0.05) is 34.6 Å². The van der Waals surface area contributed by atoms with Crippen molar-refractivity contribution in [2.45, 2.75) is 45.3 Å². The van der Waals surface area contributed by atoms with Gasteiger partial charge in [-0.15, -0.1) is 0 Å². The zero-order valence-corrected chi connectivity index (χ0v) is 22.8. The van der Waals surface area contributed by atoms with Gasteiger partial charge in [-0.3, -0.25) is 9.59 Å². The molecule has 196 valence electrons. The Bertz CT molecular complexity index is 1150. The van der Waals surface area contributed by atoms with Crippen molar-refractivity contribution in [1.29, 1.82) is 0 Å². The van der Waals surface area contributed by atoms with E-state index < -0.39 is 6.04 Å². The minimum Gasteiger partial charge on any atom is -0.497 e. The Morgan fingerprint density at radius 2 is 1.54 bits per heavy atom. The zero-order chi connectivity index (χ0) is 26.8. The number of nitrogens with one attached hydrogen (secondary N) is 1. The van der Waals surface area contributed by atoms with Gasteiger partial charge in [-0.2, -0.15) is 0 Å². The van der Waals surface area contributed by atoms with Crippen LogP contribution in [-0.4, -0.2) is 42.5 Å². The summed E-state index contributed by atoms with van der Waals surface area (Å²) >= 11 is 12.9. The van der Waals surface area contributed by atoms with Crippen molar-refractivity contribution in [2.24, 2.45) is 0 Å². The molecule has 37 heavy (non-hydrogen) atoms. The summed E-state index contributed by atoms with van der Waals surface area (Å²) in [5.41, 5.74) is 1.49. The van der Waals surface area contributed by atoms with Gasteiger partial charge in [0.1, 0.15) is 17.5 Å². The Morgan fingerprint density at radius 3 is 2.14 bits per heavy atom. The lowest BCUT2D eigenvalue weighted by atomic mass is 10.0. The SMILES string of the molecule is CC[C@@H](C)NC(=O)[C@H](Cc1ccccc1)N(Cc1c(Cl)cccc1Cl)C(=O)COc1ccc(OC)cc1. The summed E-state index contributed by atoms with van der Waals surface area (Å²) in [5, 5.41) is 3.87. The summed E-state index contributed by atoms with van der Waals surface area (Å²) in [6.45, 7) is 3.71. The fraction of sp³-hybridized carbons (Fsp3) is 0.310. The van der Waals surface area contributed by atoms with E-state index in [1.165, 1.54) is 4.90 Å². The minimum atomic E-state index is -0.810. The standard InChI is InChI=1S/C29H32Cl2N2O4/c1-4-20(2)32-29(35)27(17-21-9-6-5-7-10-21)33(18-24-25(30)11-8-12-26(24)31)28(34)19-37-23-15-13-22(36-3)14-16-23/h5-16,20,27H,4,17-19H2,1-3H3,(H,32,35)/t20-,27+/m1/s1. The van der Waals surface area contributed by atoms with E-state index in [0.29, 0.717) is 33.5 Å². The predicted octanol–water partition coefficient (Wildman–Crippen LogP) is 5.94. The molecule has 0 aliphatic rings. The molecule has 6 nitrogen and oxygen atoms in total. The molecule has 0 aromatic heterocycles. The molecule has 0 fully saturated rings. The lowest BCUT2D eigenvalue weighted by molar-refractivity contribution is -0.143. The largest absolute Gasteiger partial charge is 0.497 e. The van der Waals surface area contributed by atoms with Gasteiger partial charge >= 0.3 is 0 Å². The molecule has 1 N–H and O–H groups in total. The summed E-state index contributed by atoms with van der Waals surface area (Å²) in [7, 11) is 1.58. The van der Waals surface area contributed by atoms with Crippen molar-refractivity contribution in [2.75, 3.05) is 13.7 Å². The Balaban J connectivity index is 1.94. The Labute approximate surface area is 228 Å². The van der Waals surface area contributed by atoms with E-state index in [1.807, 2.05) is 44.2 Å². The number of halogens is 2. The third kappa shape index (κ3) is 8.14. The molecule has 0 aliphatic carbocycles. The number of carbonyl (C=O) groups is 2. The fourth-order valence-electron chi connectivity index (χ4n) is 3.75. The van der Waals surface area contributed by atoms with Gasteiger partial charge in [0.25, 0.3) is 5.91 Å². The molecule has 0 saturated carbocycles. The van der Waals surface area contributed by atoms with Crippen LogP contribution in [0, 0.1) is 0 Å². The molecule has 0 saturated heterocycles. The first-order valence-corrected chi connectivity index (χ1v) is 12.9. The number of rotatable bonds is 12. The number of carbonyl (C=O) groups excluding carboxylic acids is 2. The van der Waals surface area contributed by atoms with Crippen LogP contribution in [0.15, 0.2) is 72.8 Å². The first-order chi connectivity index (χ1) is 17.8. The molecular weight excluding hydrogens is 511 g/mol. The van der Waals surface area contributed by atoms with E-state index in [4.69, 9.17) is 32.7 Å². The minimum absolute atomic E-state index is 0.0503. The van der Waals surface area contributed by atoms with Crippen LogP contribution in [0.5, 0.6) is 11.5 Å². The fourth-order valence-corrected chi connectivity index (χ4v) is 4.27. The molecule has 3 aromatic rings. The van der Waals surface area contributed by atoms with Crippen molar-refractivity contribution in [3.63, 3.8) is 0 Å². The van der Waals surface area contributed by atoms with Gasteiger partial charge in [0.2, 0.25) is 5.91 Å². The third-order valence-electron chi connectivity index (χ3n) is 6.08. The third-order valence-corrected chi connectivity index (χ3v) is 6.79. The smallest absolute Gasteiger partial charge is 0.261 e. The molecule has 0 aliphatic heterocycles. The van der Waals surface area contributed by atoms with Crippen LogP contribution in [0.25, 0.3) is 0 Å². The zero-order valence-electron chi connectivity index (χ0n) is 21.2. The maximum absolute atomic E-state index is 13.7. The molecule has 2 atom stereocenters. The van der Waals surface area contributed by atoms with Crippen LogP contribution in [0.3, 0.4) is 0 Å². The molecule has 0 unspecified atom stereocenters. The molecule has 0 bridgehead atoms. The van der Waals surface area contributed by atoms with E-state index >= 15 is 0 Å². The number of ether oxygens (including phenoxy) is 2. The molecule has 3 aromatic carbocycles. The van der Waals surface area contributed by atoms with E-state index in [-0.39, 0.29) is 31.0 Å².